The molecular formula is C21H26N4O5S2. The highest BCUT2D eigenvalue weighted by atomic mass is 32.2. The fourth-order valence-electron chi connectivity index (χ4n) is 3.12. The van der Waals surface area contributed by atoms with Crippen LogP contribution in [0.25, 0.3) is 0 Å². The molecule has 2 aromatic carbocycles. The lowest BCUT2D eigenvalue weighted by Gasteiger charge is -2.13. The van der Waals surface area contributed by atoms with Crippen LogP contribution in [0.4, 0.5) is 5.69 Å². The molecule has 0 aromatic heterocycles. The molecule has 0 fully saturated rings. The molecule has 3 rings (SSSR count). The Morgan fingerprint density at radius 3 is 2.41 bits per heavy atom. The number of anilines is 1. The van der Waals surface area contributed by atoms with Crippen LogP contribution < -0.4 is 10.0 Å². The summed E-state index contributed by atoms with van der Waals surface area (Å²) in [4.78, 5) is 16.9. The Hall–Kier alpha value is -2.76. The lowest BCUT2D eigenvalue weighted by molar-refractivity contribution is 0.102. The molecule has 0 atom stereocenters. The maximum absolute atomic E-state index is 12.8. The highest BCUT2D eigenvalue weighted by molar-refractivity contribution is 7.90. The number of amides is 1. The molecule has 0 unspecified atom stereocenters. The van der Waals surface area contributed by atoms with Crippen molar-refractivity contribution in [1.29, 1.82) is 0 Å². The molecule has 172 valence electrons. The molecule has 0 aliphatic carbocycles. The van der Waals surface area contributed by atoms with E-state index in [-0.39, 0.29) is 21.0 Å². The first-order chi connectivity index (χ1) is 15.1. The molecule has 9 nitrogen and oxygen atoms in total. The summed E-state index contributed by atoms with van der Waals surface area (Å²) in [5.41, 5.74) is 0.397. The van der Waals surface area contributed by atoms with Crippen molar-refractivity contribution in [3.05, 3.63) is 54.1 Å². The predicted molar refractivity (Wildman–Crippen MR) is 123 cm³/mol. The van der Waals surface area contributed by atoms with Gasteiger partial charge in [0.25, 0.3) is 15.9 Å². The third kappa shape index (κ3) is 5.72. The summed E-state index contributed by atoms with van der Waals surface area (Å²) in [6, 6.07) is 11.5. The standard InChI is InChI=1S/C21H26N4O5S2/c1-25(2)32(29,30)19-11-6-8-16(14-19)21(26)23-17-9-7-10-18(15-17)31(27,28)24-20-12-4-3-5-13-22-20/h6-11,14-15H,3-5,12-13H2,1-2H3,(H,22,24)(H,23,26). The third-order valence-corrected chi connectivity index (χ3v) is 8.09. The molecule has 11 heteroatoms. The lowest BCUT2D eigenvalue weighted by atomic mass is 10.2. The molecule has 32 heavy (non-hydrogen) atoms. The number of carbonyl (C=O) groups excluding carboxylic acids is 1. The lowest BCUT2D eigenvalue weighted by Crippen LogP contribution is -2.30. The Balaban J connectivity index is 1.79. The number of sulfonamides is 2. The van der Waals surface area contributed by atoms with Crippen LogP contribution in [0.3, 0.4) is 0 Å². The maximum atomic E-state index is 12.8. The third-order valence-electron chi connectivity index (χ3n) is 4.90. The van der Waals surface area contributed by atoms with Gasteiger partial charge < -0.3 is 5.32 Å². The van der Waals surface area contributed by atoms with E-state index in [0.29, 0.717) is 18.8 Å². The van der Waals surface area contributed by atoms with E-state index < -0.39 is 26.0 Å². The number of carbonyl (C=O) groups is 1. The molecule has 0 saturated carbocycles. The van der Waals surface area contributed by atoms with Gasteiger partial charge in [-0.1, -0.05) is 18.6 Å². The molecule has 0 radical (unpaired) electrons. The Morgan fingerprint density at radius 2 is 1.66 bits per heavy atom. The van der Waals surface area contributed by atoms with Gasteiger partial charge in [0.15, 0.2) is 0 Å². The van der Waals surface area contributed by atoms with Crippen molar-refractivity contribution in [3.63, 3.8) is 0 Å². The number of amidine groups is 1. The van der Waals surface area contributed by atoms with Crippen LogP contribution in [0.5, 0.6) is 0 Å². The van der Waals surface area contributed by atoms with Crippen molar-refractivity contribution < 1.29 is 21.6 Å². The minimum absolute atomic E-state index is 0.00816. The summed E-state index contributed by atoms with van der Waals surface area (Å²) in [7, 11) is -4.73. The molecule has 1 aliphatic rings. The molecule has 1 heterocycles. The second-order valence-corrected chi connectivity index (χ2v) is 11.4. The fraction of sp³-hybridized carbons (Fsp3) is 0.333. The summed E-state index contributed by atoms with van der Waals surface area (Å²) in [5, 5.41) is 2.62. The van der Waals surface area contributed by atoms with Gasteiger partial charge in [-0.3, -0.25) is 14.5 Å². The van der Waals surface area contributed by atoms with Crippen LogP contribution in [0, 0.1) is 0 Å². The summed E-state index contributed by atoms with van der Waals surface area (Å²) in [6.45, 7) is 0.594. The van der Waals surface area contributed by atoms with E-state index >= 15 is 0 Å². The maximum Gasteiger partial charge on any atom is 0.262 e. The fourth-order valence-corrected chi connectivity index (χ4v) is 5.21. The van der Waals surface area contributed by atoms with Crippen molar-refractivity contribution in [2.75, 3.05) is 26.0 Å². The summed E-state index contributed by atoms with van der Waals surface area (Å²) in [5.74, 6) is -0.118. The number of rotatable bonds is 6. The highest BCUT2D eigenvalue weighted by Gasteiger charge is 2.20. The Morgan fingerprint density at radius 1 is 0.938 bits per heavy atom. The smallest absolute Gasteiger partial charge is 0.262 e. The van der Waals surface area contributed by atoms with Crippen LogP contribution >= 0.6 is 0 Å². The monoisotopic (exact) mass is 478 g/mol. The largest absolute Gasteiger partial charge is 0.322 e. The van der Waals surface area contributed by atoms with Crippen LogP contribution in [-0.2, 0) is 20.0 Å². The normalized spacial score (nSPS) is 15.0. The second-order valence-electron chi connectivity index (χ2n) is 7.54. The average molecular weight is 479 g/mol. The SMILES string of the molecule is CN(C)S(=O)(=O)c1cccc(C(=O)Nc2cccc(S(=O)(=O)NC3=NCCCCC3)c2)c1. The summed E-state index contributed by atoms with van der Waals surface area (Å²) >= 11 is 0. The Labute approximate surface area is 188 Å². The van der Waals surface area contributed by atoms with E-state index in [0.717, 1.165) is 23.6 Å². The van der Waals surface area contributed by atoms with Crippen molar-refractivity contribution in [2.24, 2.45) is 4.99 Å². The highest BCUT2D eigenvalue weighted by Crippen LogP contribution is 2.19. The van der Waals surface area contributed by atoms with E-state index in [1.807, 2.05) is 0 Å². The Kier molecular flexibility index (Phi) is 7.32. The quantitative estimate of drug-likeness (QED) is 0.660. The zero-order chi connectivity index (χ0) is 23.4. The molecule has 0 bridgehead atoms. The van der Waals surface area contributed by atoms with Crippen LogP contribution in [0.1, 0.15) is 36.0 Å². The Bertz CT molecular complexity index is 1240. The molecule has 1 aliphatic heterocycles. The van der Waals surface area contributed by atoms with Gasteiger partial charge >= 0.3 is 0 Å². The van der Waals surface area contributed by atoms with Crippen molar-refractivity contribution in [1.82, 2.24) is 9.03 Å². The first kappa shape index (κ1) is 23.9. The number of hydrogen-bond donors (Lipinski definition) is 2. The first-order valence-electron chi connectivity index (χ1n) is 10.1. The summed E-state index contributed by atoms with van der Waals surface area (Å²) < 4.78 is 53.8. The second kappa shape index (κ2) is 9.80. The zero-order valence-electron chi connectivity index (χ0n) is 17.9. The topological polar surface area (TPSA) is 125 Å². The van der Waals surface area contributed by atoms with Gasteiger partial charge in [0.1, 0.15) is 5.84 Å². The van der Waals surface area contributed by atoms with E-state index in [2.05, 4.69) is 15.0 Å². The molecule has 0 saturated heterocycles. The van der Waals surface area contributed by atoms with E-state index in [9.17, 15) is 21.6 Å². The molecule has 0 spiro atoms. The van der Waals surface area contributed by atoms with Gasteiger partial charge in [-0.2, -0.15) is 0 Å². The minimum atomic E-state index is -3.85. The van der Waals surface area contributed by atoms with Crippen LogP contribution in [0.15, 0.2) is 63.3 Å². The van der Waals surface area contributed by atoms with Gasteiger partial charge in [0.2, 0.25) is 10.0 Å². The minimum Gasteiger partial charge on any atom is -0.322 e. The van der Waals surface area contributed by atoms with E-state index in [4.69, 9.17) is 0 Å². The predicted octanol–water partition coefficient (Wildman–Crippen LogP) is 2.44. The number of benzene rings is 2. The van der Waals surface area contributed by atoms with E-state index in [1.54, 1.807) is 6.07 Å². The molecular weight excluding hydrogens is 452 g/mol. The van der Waals surface area contributed by atoms with Crippen molar-refractivity contribution in [3.8, 4) is 0 Å². The van der Waals surface area contributed by atoms with Crippen LogP contribution in [0.2, 0.25) is 0 Å². The zero-order valence-corrected chi connectivity index (χ0v) is 19.5. The van der Waals surface area contributed by atoms with E-state index in [1.165, 1.54) is 56.6 Å². The van der Waals surface area contributed by atoms with Crippen LogP contribution in [-0.4, -0.2) is 53.5 Å². The van der Waals surface area contributed by atoms with Gasteiger partial charge in [0.05, 0.1) is 9.79 Å². The summed E-state index contributed by atoms with van der Waals surface area (Å²) in [6.07, 6.45) is 3.39. The molecule has 1 amide bonds. The molecule has 2 aromatic rings. The molecule has 2 N–H and O–H groups in total. The van der Waals surface area contributed by atoms with Crippen molar-refractivity contribution in [2.45, 2.75) is 35.5 Å². The average Bonchev–Trinajstić information content (AvgIpc) is 3.02. The van der Waals surface area contributed by atoms with Gasteiger partial charge in [-0.05, 0) is 49.2 Å². The number of nitrogens with one attached hydrogen (secondary N) is 2. The van der Waals surface area contributed by atoms with Gasteiger partial charge in [0, 0.05) is 38.3 Å². The number of aliphatic imine (C=N–C) groups is 1. The van der Waals surface area contributed by atoms with Crippen molar-refractivity contribution >= 4 is 37.5 Å². The van der Waals surface area contributed by atoms with Gasteiger partial charge in [-0.15, -0.1) is 0 Å². The number of nitrogens with zero attached hydrogens (tertiary/aromatic N) is 2. The first-order valence-corrected chi connectivity index (χ1v) is 13.0. The van der Waals surface area contributed by atoms with Gasteiger partial charge in [-0.25, -0.2) is 21.1 Å². The number of hydrogen-bond acceptors (Lipinski definition) is 6.